The molecule has 184 valence electrons. The van der Waals surface area contributed by atoms with Gasteiger partial charge in [-0.3, -0.25) is 9.78 Å². The van der Waals surface area contributed by atoms with Crippen LogP contribution in [-0.2, 0) is 0 Å². The van der Waals surface area contributed by atoms with Crippen molar-refractivity contribution < 1.29 is 14.3 Å². The monoisotopic (exact) mass is 505 g/mol. The number of phenols is 1. The summed E-state index contributed by atoms with van der Waals surface area (Å²) in [5.74, 6) is -0.611. The summed E-state index contributed by atoms with van der Waals surface area (Å²) < 4.78 is 14.2. The second kappa shape index (κ2) is 9.72. The van der Waals surface area contributed by atoms with Crippen molar-refractivity contribution >= 4 is 45.5 Å². The van der Waals surface area contributed by atoms with E-state index < -0.39 is 11.6 Å². The molecule has 1 aliphatic heterocycles. The molecule has 0 saturated carbocycles. The number of nitrogens with zero attached hydrogens (tertiary/aromatic N) is 3. The molecule has 3 heterocycles. The largest absolute Gasteiger partial charge is 0.504 e. The minimum absolute atomic E-state index is 0.0633. The van der Waals surface area contributed by atoms with Crippen molar-refractivity contribution in [1.82, 2.24) is 9.97 Å². The second-order valence-corrected chi connectivity index (χ2v) is 9.28. The van der Waals surface area contributed by atoms with Crippen molar-refractivity contribution in [3.63, 3.8) is 0 Å². The number of pyridine rings is 2. The molecule has 1 atom stereocenters. The van der Waals surface area contributed by atoms with Crippen LogP contribution in [0.25, 0.3) is 22.0 Å². The van der Waals surface area contributed by atoms with Crippen molar-refractivity contribution in [3.8, 4) is 16.9 Å². The first-order valence-electron chi connectivity index (χ1n) is 11.7. The summed E-state index contributed by atoms with van der Waals surface area (Å²) in [5.41, 5.74) is 9.59. The fourth-order valence-corrected chi connectivity index (χ4v) is 4.64. The number of fused-ring (bicyclic) bond motifs is 1. The minimum atomic E-state index is -0.811. The SMILES string of the molecule is CCC(=O)c1cnc2ccc(-c3cc(F)c(O)c(Cl)c3)cc2c1Nc1ccc(N2CCC(N)C2)nc1. The van der Waals surface area contributed by atoms with Crippen LogP contribution in [0, 0.1) is 5.82 Å². The predicted octanol–water partition coefficient (Wildman–Crippen LogP) is 5.67. The van der Waals surface area contributed by atoms with Gasteiger partial charge in [-0.15, -0.1) is 0 Å². The number of Topliss-reactive ketones (excluding diaryl/α,β-unsaturated/α-hetero) is 1. The molecule has 1 aliphatic rings. The summed E-state index contributed by atoms with van der Waals surface area (Å²) in [7, 11) is 0. The normalized spacial score (nSPS) is 15.4. The highest BCUT2D eigenvalue weighted by Crippen LogP contribution is 2.36. The molecule has 0 amide bonds. The zero-order chi connectivity index (χ0) is 25.4. The van der Waals surface area contributed by atoms with E-state index >= 15 is 0 Å². The summed E-state index contributed by atoms with van der Waals surface area (Å²) in [6, 6.07) is 12.1. The van der Waals surface area contributed by atoms with Gasteiger partial charge >= 0.3 is 0 Å². The number of aromatic hydroxyl groups is 1. The summed E-state index contributed by atoms with van der Waals surface area (Å²) >= 11 is 6.00. The van der Waals surface area contributed by atoms with Crippen molar-refractivity contribution in [1.29, 1.82) is 0 Å². The van der Waals surface area contributed by atoms with Crippen LogP contribution in [0.15, 0.2) is 54.9 Å². The van der Waals surface area contributed by atoms with Gasteiger partial charge in [0.05, 0.1) is 33.7 Å². The Kier molecular flexibility index (Phi) is 6.47. The Morgan fingerprint density at radius 1 is 1.19 bits per heavy atom. The Bertz CT molecular complexity index is 1440. The number of ketones is 1. The van der Waals surface area contributed by atoms with E-state index in [2.05, 4.69) is 20.2 Å². The van der Waals surface area contributed by atoms with Crippen LogP contribution in [0.4, 0.5) is 21.6 Å². The summed E-state index contributed by atoms with van der Waals surface area (Å²) in [4.78, 5) is 24.0. The quantitative estimate of drug-likeness (QED) is 0.290. The Morgan fingerprint density at radius 2 is 2.03 bits per heavy atom. The topological polar surface area (TPSA) is 104 Å². The zero-order valence-corrected chi connectivity index (χ0v) is 20.4. The predicted molar refractivity (Wildman–Crippen MR) is 141 cm³/mol. The van der Waals surface area contributed by atoms with Crippen molar-refractivity contribution in [2.24, 2.45) is 5.73 Å². The number of benzene rings is 2. The summed E-state index contributed by atoms with van der Waals surface area (Å²) in [6.07, 6.45) is 4.55. The second-order valence-electron chi connectivity index (χ2n) is 8.87. The number of nitrogens with two attached hydrogens (primary N) is 1. The zero-order valence-electron chi connectivity index (χ0n) is 19.6. The van der Waals surface area contributed by atoms with Gasteiger partial charge in [-0.2, -0.15) is 0 Å². The van der Waals surface area contributed by atoms with Gasteiger partial charge in [0.25, 0.3) is 0 Å². The highest BCUT2D eigenvalue weighted by atomic mass is 35.5. The van der Waals surface area contributed by atoms with E-state index in [1.165, 1.54) is 12.1 Å². The molecule has 0 radical (unpaired) electrons. The number of carbonyl (C=O) groups excluding carboxylic acids is 1. The first-order valence-corrected chi connectivity index (χ1v) is 12.1. The number of hydrogen-bond acceptors (Lipinski definition) is 7. The molecule has 2 aromatic carbocycles. The number of carbonyl (C=O) groups is 1. The molecule has 1 saturated heterocycles. The van der Waals surface area contributed by atoms with Crippen molar-refractivity contribution in [2.45, 2.75) is 25.8 Å². The van der Waals surface area contributed by atoms with E-state index in [-0.39, 0.29) is 16.8 Å². The average Bonchev–Trinajstić information content (AvgIpc) is 3.33. The summed E-state index contributed by atoms with van der Waals surface area (Å²) in [5, 5.41) is 13.7. The van der Waals surface area contributed by atoms with Crippen LogP contribution in [0.2, 0.25) is 5.02 Å². The third-order valence-electron chi connectivity index (χ3n) is 6.41. The highest BCUT2D eigenvalue weighted by molar-refractivity contribution is 6.32. The molecule has 0 bridgehead atoms. The fourth-order valence-electron chi connectivity index (χ4n) is 4.43. The van der Waals surface area contributed by atoms with Crippen LogP contribution in [-0.4, -0.2) is 40.0 Å². The Balaban J connectivity index is 1.57. The maximum absolute atomic E-state index is 14.2. The first-order chi connectivity index (χ1) is 17.3. The molecule has 4 N–H and O–H groups in total. The molecule has 0 spiro atoms. The lowest BCUT2D eigenvalue weighted by atomic mass is 9.99. The van der Waals surface area contributed by atoms with Crippen molar-refractivity contribution in [3.05, 3.63) is 71.3 Å². The number of aromatic nitrogens is 2. The first kappa shape index (κ1) is 24.0. The Labute approximate surface area is 212 Å². The van der Waals surface area contributed by atoms with Gasteiger partial charge in [-0.05, 0) is 53.9 Å². The van der Waals surface area contributed by atoms with E-state index in [1.807, 2.05) is 18.2 Å². The van der Waals surface area contributed by atoms with Crippen LogP contribution < -0.4 is 16.0 Å². The van der Waals surface area contributed by atoms with Crippen LogP contribution in [0.5, 0.6) is 5.75 Å². The maximum atomic E-state index is 14.2. The van der Waals surface area contributed by atoms with E-state index in [1.54, 1.807) is 31.5 Å². The molecule has 7 nitrogen and oxygen atoms in total. The number of hydrogen-bond donors (Lipinski definition) is 3. The molecule has 36 heavy (non-hydrogen) atoms. The average molecular weight is 506 g/mol. The molecular weight excluding hydrogens is 481 g/mol. The molecule has 2 aromatic heterocycles. The Hall–Kier alpha value is -3.75. The smallest absolute Gasteiger partial charge is 0.170 e. The molecule has 1 fully saturated rings. The van der Waals surface area contributed by atoms with E-state index in [9.17, 15) is 14.3 Å². The van der Waals surface area contributed by atoms with Gasteiger partial charge in [-0.25, -0.2) is 9.37 Å². The van der Waals surface area contributed by atoms with Gasteiger partial charge in [0.15, 0.2) is 17.3 Å². The molecule has 0 aliphatic carbocycles. The van der Waals surface area contributed by atoms with Crippen LogP contribution in [0.1, 0.15) is 30.1 Å². The number of rotatable bonds is 6. The summed E-state index contributed by atoms with van der Waals surface area (Å²) in [6.45, 7) is 3.44. The maximum Gasteiger partial charge on any atom is 0.170 e. The van der Waals surface area contributed by atoms with Gasteiger partial charge in [0.1, 0.15) is 5.82 Å². The third kappa shape index (κ3) is 4.57. The molecular formula is C27H25ClFN5O2. The van der Waals surface area contributed by atoms with Gasteiger partial charge in [-0.1, -0.05) is 24.6 Å². The molecule has 1 unspecified atom stereocenters. The molecule has 5 rings (SSSR count). The number of anilines is 3. The van der Waals surface area contributed by atoms with Crippen LogP contribution in [0.3, 0.4) is 0 Å². The minimum Gasteiger partial charge on any atom is -0.504 e. The van der Waals surface area contributed by atoms with Gasteiger partial charge in [0.2, 0.25) is 0 Å². The number of nitrogens with one attached hydrogen (secondary N) is 1. The lowest BCUT2D eigenvalue weighted by molar-refractivity contribution is 0.0988. The number of halogens is 2. The molecule has 9 heteroatoms. The van der Waals surface area contributed by atoms with E-state index in [4.69, 9.17) is 17.3 Å². The highest BCUT2D eigenvalue weighted by Gasteiger charge is 2.21. The van der Waals surface area contributed by atoms with Gasteiger partial charge < -0.3 is 21.1 Å². The van der Waals surface area contributed by atoms with Crippen molar-refractivity contribution in [2.75, 3.05) is 23.3 Å². The van der Waals surface area contributed by atoms with E-state index in [0.717, 1.165) is 25.3 Å². The van der Waals surface area contributed by atoms with Crippen LogP contribution >= 0.6 is 11.6 Å². The Morgan fingerprint density at radius 3 is 2.69 bits per heavy atom. The lowest BCUT2D eigenvalue weighted by Crippen LogP contribution is -2.26. The fraction of sp³-hybridized carbons (Fsp3) is 0.222. The molecule has 4 aromatic rings. The standard InChI is InChI=1S/C27H25ClFN5O2/c1-2-24(35)20-13-31-23-5-3-15(16-10-21(28)27(36)22(29)11-16)9-19(23)26(20)33-18-4-6-25(32-12-18)34-8-7-17(30)14-34/h3-6,9-13,17,36H,2,7-8,14,30H2,1H3,(H,31,33). The van der Waals surface area contributed by atoms with E-state index in [0.29, 0.717) is 45.4 Å². The van der Waals surface area contributed by atoms with Gasteiger partial charge in [0, 0.05) is 37.1 Å². The lowest BCUT2D eigenvalue weighted by Gasteiger charge is -2.18. The number of phenolic OH excluding ortho intramolecular Hbond substituents is 1. The third-order valence-corrected chi connectivity index (χ3v) is 6.69.